The molecule has 2 aromatic rings. The number of halogens is 1. The second-order valence-electron chi connectivity index (χ2n) is 7.99. The van der Waals surface area contributed by atoms with Crippen molar-refractivity contribution in [2.24, 2.45) is 0 Å². The van der Waals surface area contributed by atoms with E-state index in [2.05, 4.69) is 10.4 Å². The number of hydrogen-bond donors (Lipinski definition) is 1. The van der Waals surface area contributed by atoms with Gasteiger partial charge in [0.05, 0.1) is 35.4 Å². The van der Waals surface area contributed by atoms with Gasteiger partial charge < -0.3 is 14.8 Å². The van der Waals surface area contributed by atoms with Crippen LogP contribution in [0.4, 0.5) is 5.00 Å². The minimum atomic E-state index is -3.11. The Morgan fingerprint density at radius 2 is 1.97 bits per heavy atom. The fourth-order valence-corrected chi connectivity index (χ4v) is 6.73. The highest BCUT2D eigenvalue weighted by Crippen LogP contribution is 2.33. The van der Waals surface area contributed by atoms with E-state index in [4.69, 9.17) is 21.1 Å². The Morgan fingerprint density at radius 1 is 1.26 bits per heavy atom. The molecule has 190 valence electrons. The Labute approximate surface area is 212 Å². The summed E-state index contributed by atoms with van der Waals surface area (Å²) >= 11 is 7.62. The van der Waals surface area contributed by atoms with Crippen molar-refractivity contribution >= 4 is 61.7 Å². The van der Waals surface area contributed by atoms with Crippen molar-refractivity contribution in [1.82, 2.24) is 9.78 Å². The second kappa shape index (κ2) is 10.9. The van der Waals surface area contributed by atoms with Gasteiger partial charge in [0.25, 0.3) is 5.91 Å². The average molecular weight is 544 g/mol. The van der Waals surface area contributed by atoms with Gasteiger partial charge in [0.15, 0.2) is 16.4 Å². The maximum atomic E-state index is 12.3. The molecule has 1 aliphatic heterocycles. The monoisotopic (exact) mass is 543 g/mol. The number of carbonyl (C=O) groups excluding carboxylic acids is 3. The van der Waals surface area contributed by atoms with Gasteiger partial charge >= 0.3 is 11.9 Å². The van der Waals surface area contributed by atoms with E-state index < -0.39 is 34.3 Å². The van der Waals surface area contributed by atoms with Crippen molar-refractivity contribution in [2.45, 2.75) is 40.2 Å². The van der Waals surface area contributed by atoms with Crippen molar-refractivity contribution in [3.8, 4) is 0 Å². The lowest BCUT2D eigenvalue weighted by Crippen LogP contribution is -2.21. The first-order valence-corrected chi connectivity index (χ1v) is 13.8. The molecule has 0 bridgehead atoms. The molecule has 0 spiro atoms. The molecule has 2 aromatic heterocycles. The minimum absolute atomic E-state index is 0.0324. The summed E-state index contributed by atoms with van der Waals surface area (Å²) in [5.41, 5.74) is 1.98. The largest absolute Gasteiger partial charge is 0.462 e. The zero-order valence-electron chi connectivity index (χ0n) is 19.7. The van der Waals surface area contributed by atoms with E-state index in [0.717, 1.165) is 11.0 Å². The van der Waals surface area contributed by atoms with Crippen LogP contribution in [0.5, 0.6) is 0 Å². The summed E-state index contributed by atoms with van der Waals surface area (Å²) in [6, 6.07) is -0.354. The highest BCUT2D eigenvalue weighted by Gasteiger charge is 2.31. The Hall–Kier alpha value is -2.70. The SMILES string of the molecule is CCOC(=O)c1c(NC(=O)COC(=O)C=Cc2c(C)nn(C3CCS(=O)(=O)C3)c2Cl)sc(C)c1C. The topological polar surface area (TPSA) is 134 Å². The van der Waals surface area contributed by atoms with E-state index in [1.54, 1.807) is 20.8 Å². The maximum absolute atomic E-state index is 12.3. The lowest BCUT2D eigenvalue weighted by Gasteiger charge is -2.09. The molecule has 1 N–H and O–H groups in total. The number of rotatable bonds is 8. The second-order valence-corrected chi connectivity index (χ2v) is 11.8. The fourth-order valence-electron chi connectivity index (χ4n) is 3.59. The summed E-state index contributed by atoms with van der Waals surface area (Å²) in [6.07, 6.45) is 2.95. The number of esters is 2. The number of anilines is 1. The Morgan fingerprint density at radius 3 is 2.60 bits per heavy atom. The van der Waals surface area contributed by atoms with Crippen molar-refractivity contribution in [2.75, 3.05) is 30.0 Å². The van der Waals surface area contributed by atoms with Crippen molar-refractivity contribution < 1.29 is 32.3 Å². The van der Waals surface area contributed by atoms with Crippen LogP contribution in [0.15, 0.2) is 6.08 Å². The normalized spacial score (nSPS) is 17.0. The number of hydrogen-bond acceptors (Lipinski definition) is 9. The fraction of sp³-hybridized carbons (Fsp3) is 0.455. The Balaban J connectivity index is 1.61. The number of carbonyl (C=O) groups is 3. The van der Waals surface area contributed by atoms with E-state index >= 15 is 0 Å². The standard InChI is InChI=1S/C22H26ClN3O7S2/c1-5-32-22(29)19-12(2)14(4)34-21(19)24-17(27)10-33-18(28)7-6-16-13(3)25-26(20(16)23)15-8-9-35(30,31)11-15/h6-7,15H,5,8-11H2,1-4H3,(H,24,27). The first kappa shape index (κ1) is 26.9. The predicted octanol–water partition coefficient (Wildman–Crippen LogP) is 3.25. The van der Waals surface area contributed by atoms with E-state index in [9.17, 15) is 22.8 Å². The van der Waals surface area contributed by atoms with E-state index in [1.165, 1.54) is 22.1 Å². The average Bonchev–Trinajstić information content (AvgIpc) is 3.38. The molecule has 0 saturated carbocycles. The van der Waals surface area contributed by atoms with Crippen LogP contribution in [0.3, 0.4) is 0 Å². The van der Waals surface area contributed by atoms with Crippen LogP contribution in [0.1, 0.15) is 51.4 Å². The van der Waals surface area contributed by atoms with E-state index in [0.29, 0.717) is 28.2 Å². The van der Waals surface area contributed by atoms with Gasteiger partial charge in [0, 0.05) is 16.5 Å². The molecule has 0 radical (unpaired) electrons. The van der Waals surface area contributed by atoms with Crippen LogP contribution in [0.25, 0.3) is 6.08 Å². The zero-order valence-corrected chi connectivity index (χ0v) is 22.1. The Bertz CT molecular complexity index is 1290. The van der Waals surface area contributed by atoms with Crippen LogP contribution < -0.4 is 5.32 Å². The quantitative estimate of drug-likeness (QED) is 0.396. The van der Waals surface area contributed by atoms with Crippen LogP contribution in [-0.4, -0.2) is 60.8 Å². The van der Waals surface area contributed by atoms with Gasteiger partial charge in [0.2, 0.25) is 0 Å². The lowest BCUT2D eigenvalue weighted by atomic mass is 10.1. The summed E-state index contributed by atoms with van der Waals surface area (Å²) in [6.45, 7) is 6.61. The highest BCUT2D eigenvalue weighted by molar-refractivity contribution is 7.91. The minimum Gasteiger partial charge on any atom is -0.462 e. The third kappa shape index (κ3) is 6.30. The number of nitrogens with one attached hydrogen (secondary N) is 1. The molecule has 1 unspecified atom stereocenters. The number of ether oxygens (including phenoxy) is 2. The van der Waals surface area contributed by atoms with Gasteiger partial charge in [-0.2, -0.15) is 5.10 Å². The van der Waals surface area contributed by atoms with Gasteiger partial charge in [-0.25, -0.2) is 22.7 Å². The molecule has 1 aliphatic rings. The molecule has 13 heteroatoms. The summed E-state index contributed by atoms with van der Waals surface area (Å²) in [5.74, 6) is -1.88. The number of sulfone groups is 1. The molecule has 1 atom stereocenters. The molecule has 10 nitrogen and oxygen atoms in total. The van der Waals surface area contributed by atoms with Gasteiger partial charge in [0.1, 0.15) is 10.2 Å². The third-order valence-corrected chi connectivity index (χ3v) is 8.72. The van der Waals surface area contributed by atoms with Crippen molar-refractivity contribution in [3.05, 3.63) is 38.5 Å². The Kier molecular flexibility index (Phi) is 8.39. The molecule has 3 heterocycles. The van der Waals surface area contributed by atoms with Crippen molar-refractivity contribution in [3.63, 3.8) is 0 Å². The van der Waals surface area contributed by atoms with Gasteiger partial charge in [-0.15, -0.1) is 11.3 Å². The molecule has 0 aliphatic carbocycles. The number of amides is 1. The summed E-state index contributed by atoms with van der Waals surface area (Å²) in [4.78, 5) is 37.6. The molecule has 35 heavy (non-hydrogen) atoms. The molecular formula is C22H26ClN3O7S2. The summed E-state index contributed by atoms with van der Waals surface area (Å²) in [7, 11) is -3.11. The molecule has 1 saturated heterocycles. The summed E-state index contributed by atoms with van der Waals surface area (Å²) < 4.78 is 35.0. The molecule has 3 rings (SSSR count). The lowest BCUT2D eigenvalue weighted by molar-refractivity contribution is -0.142. The maximum Gasteiger partial charge on any atom is 0.341 e. The summed E-state index contributed by atoms with van der Waals surface area (Å²) in [5, 5.41) is 7.47. The van der Waals surface area contributed by atoms with Crippen LogP contribution in [0, 0.1) is 20.8 Å². The first-order chi connectivity index (χ1) is 16.4. The van der Waals surface area contributed by atoms with E-state index in [-0.39, 0.29) is 34.9 Å². The first-order valence-electron chi connectivity index (χ1n) is 10.8. The van der Waals surface area contributed by atoms with Gasteiger partial charge in [-0.05, 0) is 45.8 Å². The van der Waals surface area contributed by atoms with Gasteiger partial charge in [-0.3, -0.25) is 4.79 Å². The predicted molar refractivity (Wildman–Crippen MR) is 133 cm³/mol. The molecule has 1 fully saturated rings. The van der Waals surface area contributed by atoms with Crippen molar-refractivity contribution in [1.29, 1.82) is 0 Å². The zero-order chi connectivity index (χ0) is 25.9. The molecule has 0 aromatic carbocycles. The van der Waals surface area contributed by atoms with Crippen LogP contribution in [0.2, 0.25) is 5.15 Å². The molecular weight excluding hydrogens is 518 g/mol. The number of aryl methyl sites for hydroxylation is 2. The van der Waals surface area contributed by atoms with Crippen LogP contribution >= 0.6 is 22.9 Å². The van der Waals surface area contributed by atoms with Gasteiger partial charge in [-0.1, -0.05) is 11.6 Å². The smallest absolute Gasteiger partial charge is 0.341 e. The van der Waals surface area contributed by atoms with E-state index in [1.807, 2.05) is 6.92 Å². The number of nitrogens with zero attached hydrogens (tertiary/aromatic N) is 2. The number of thiophene rings is 1. The highest BCUT2D eigenvalue weighted by atomic mass is 35.5. The number of aromatic nitrogens is 2. The molecule has 1 amide bonds. The third-order valence-electron chi connectivity index (χ3n) is 5.47. The van der Waals surface area contributed by atoms with Crippen LogP contribution in [-0.2, 0) is 28.9 Å².